The van der Waals surface area contributed by atoms with E-state index in [0.717, 1.165) is 12.1 Å². The smallest absolute Gasteiger partial charge is 0.227 e. The number of anilines is 1. The lowest BCUT2D eigenvalue weighted by Crippen LogP contribution is -2.28. The van der Waals surface area contributed by atoms with Gasteiger partial charge in [0.15, 0.2) is 11.6 Å². The van der Waals surface area contributed by atoms with Crippen LogP contribution >= 0.6 is 0 Å². The van der Waals surface area contributed by atoms with E-state index >= 15 is 0 Å². The summed E-state index contributed by atoms with van der Waals surface area (Å²) in [6.45, 7) is 1.13. The Hall–Kier alpha value is -1.49. The third-order valence-electron chi connectivity index (χ3n) is 2.78. The molecule has 0 saturated carbocycles. The molecule has 1 N–H and O–H groups in total. The molecule has 1 aromatic rings. The topological polar surface area (TPSA) is 38.3 Å². The van der Waals surface area contributed by atoms with Gasteiger partial charge in [-0.3, -0.25) is 4.79 Å². The lowest BCUT2D eigenvalue weighted by Gasteiger charge is -2.21. The molecule has 0 spiro atoms. The van der Waals surface area contributed by atoms with Gasteiger partial charge in [0.25, 0.3) is 0 Å². The van der Waals surface area contributed by atoms with Gasteiger partial charge in [-0.2, -0.15) is 0 Å². The van der Waals surface area contributed by atoms with Crippen molar-refractivity contribution in [3.05, 3.63) is 29.8 Å². The van der Waals surface area contributed by atoms with E-state index in [1.54, 1.807) is 0 Å². The third kappa shape index (κ3) is 3.00. The molecule has 0 radical (unpaired) electrons. The zero-order valence-corrected chi connectivity index (χ0v) is 9.21. The SMILES string of the molecule is O=C(Nc1ccc(F)c(F)c1)C1CCOCC1. The van der Waals surface area contributed by atoms with Crippen LogP contribution in [0, 0.1) is 17.6 Å². The minimum absolute atomic E-state index is 0.114. The van der Waals surface area contributed by atoms with Gasteiger partial charge in [-0.1, -0.05) is 0 Å². The summed E-state index contributed by atoms with van der Waals surface area (Å²) in [6.07, 6.45) is 1.32. The molecule has 1 amide bonds. The van der Waals surface area contributed by atoms with Crippen molar-refractivity contribution in [1.29, 1.82) is 0 Å². The van der Waals surface area contributed by atoms with Crippen molar-refractivity contribution >= 4 is 11.6 Å². The normalized spacial score (nSPS) is 16.8. The van der Waals surface area contributed by atoms with Crippen molar-refractivity contribution in [1.82, 2.24) is 0 Å². The van der Waals surface area contributed by atoms with Crippen molar-refractivity contribution < 1.29 is 18.3 Å². The van der Waals surface area contributed by atoms with Gasteiger partial charge in [-0.05, 0) is 25.0 Å². The molecule has 92 valence electrons. The number of carbonyl (C=O) groups excluding carboxylic acids is 1. The fourth-order valence-electron chi connectivity index (χ4n) is 1.78. The average molecular weight is 241 g/mol. The summed E-state index contributed by atoms with van der Waals surface area (Å²) in [5.74, 6) is -2.17. The Morgan fingerprint density at radius 2 is 1.94 bits per heavy atom. The molecule has 1 fully saturated rings. The summed E-state index contributed by atoms with van der Waals surface area (Å²) in [5, 5.41) is 2.58. The van der Waals surface area contributed by atoms with Gasteiger partial charge >= 0.3 is 0 Å². The molecule has 0 atom stereocenters. The first kappa shape index (κ1) is 12.0. The first-order valence-electron chi connectivity index (χ1n) is 5.50. The van der Waals surface area contributed by atoms with E-state index in [4.69, 9.17) is 4.74 Å². The molecule has 5 heteroatoms. The Morgan fingerprint density at radius 1 is 1.24 bits per heavy atom. The van der Waals surface area contributed by atoms with Crippen LogP contribution in [0.15, 0.2) is 18.2 Å². The van der Waals surface area contributed by atoms with E-state index in [-0.39, 0.29) is 17.5 Å². The van der Waals surface area contributed by atoms with Gasteiger partial charge in [0.05, 0.1) is 0 Å². The van der Waals surface area contributed by atoms with Crippen LogP contribution in [0.2, 0.25) is 0 Å². The number of rotatable bonds is 2. The van der Waals surface area contributed by atoms with Gasteiger partial charge in [0.2, 0.25) is 5.91 Å². The van der Waals surface area contributed by atoms with Gasteiger partial charge in [-0.15, -0.1) is 0 Å². The van der Waals surface area contributed by atoms with Crippen LogP contribution in [0.4, 0.5) is 14.5 Å². The van der Waals surface area contributed by atoms with Crippen LogP contribution in [0.5, 0.6) is 0 Å². The second kappa shape index (κ2) is 5.23. The molecule has 0 unspecified atom stereocenters. The molecule has 1 saturated heterocycles. The number of nitrogens with one attached hydrogen (secondary N) is 1. The number of carbonyl (C=O) groups is 1. The highest BCUT2D eigenvalue weighted by Crippen LogP contribution is 2.18. The Balaban J connectivity index is 1.99. The summed E-state index contributed by atoms with van der Waals surface area (Å²) < 4.78 is 30.8. The molecule has 3 nitrogen and oxygen atoms in total. The first-order valence-corrected chi connectivity index (χ1v) is 5.50. The molecule has 17 heavy (non-hydrogen) atoms. The Labute approximate surface area is 97.8 Å². The largest absolute Gasteiger partial charge is 0.381 e. The van der Waals surface area contributed by atoms with Crippen molar-refractivity contribution in [2.75, 3.05) is 18.5 Å². The van der Waals surface area contributed by atoms with Crippen LogP contribution in [0.3, 0.4) is 0 Å². The van der Waals surface area contributed by atoms with E-state index in [1.807, 2.05) is 0 Å². The average Bonchev–Trinajstić information content (AvgIpc) is 2.35. The maximum atomic E-state index is 12.9. The zero-order valence-electron chi connectivity index (χ0n) is 9.21. The summed E-state index contributed by atoms with van der Waals surface area (Å²) in [4.78, 5) is 11.8. The lowest BCUT2D eigenvalue weighted by atomic mass is 9.99. The highest BCUT2D eigenvalue weighted by molar-refractivity contribution is 5.92. The van der Waals surface area contributed by atoms with Crippen LogP contribution in [0.1, 0.15) is 12.8 Å². The molecule has 2 rings (SSSR count). The van der Waals surface area contributed by atoms with E-state index < -0.39 is 11.6 Å². The van der Waals surface area contributed by atoms with E-state index in [1.165, 1.54) is 6.07 Å². The van der Waals surface area contributed by atoms with Crippen LogP contribution in [0.25, 0.3) is 0 Å². The minimum Gasteiger partial charge on any atom is -0.381 e. The molecule has 0 aromatic heterocycles. The molecule has 0 bridgehead atoms. The van der Waals surface area contributed by atoms with Gasteiger partial charge in [0.1, 0.15) is 0 Å². The van der Waals surface area contributed by atoms with Gasteiger partial charge in [0, 0.05) is 30.9 Å². The second-order valence-electron chi connectivity index (χ2n) is 4.00. The summed E-state index contributed by atoms with van der Waals surface area (Å²) in [7, 11) is 0. The number of benzene rings is 1. The standard InChI is InChI=1S/C12H13F2NO2/c13-10-2-1-9(7-11(10)14)15-12(16)8-3-5-17-6-4-8/h1-2,7-8H,3-6H2,(H,15,16). The monoisotopic (exact) mass is 241 g/mol. The second-order valence-corrected chi connectivity index (χ2v) is 4.00. The molecular weight excluding hydrogens is 228 g/mol. The van der Waals surface area contributed by atoms with Crippen LogP contribution < -0.4 is 5.32 Å². The summed E-state index contributed by atoms with van der Waals surface area (Å²) in [6, 6.07) is 3.32. The molecule has 1 heterocycles. The zero-order chi connectivity index (χ0) is 12.3. The predicted octanol–water partition coefficient (Wildman–Crippen LogP) is 2.33. The Kier molecular flexibility index (Phi) is 3.68. The minimum atomic E-state index is -0.963. The molecule has 1 aromatic carbocycles. The number of ether oxygens (including phenoxy) is 1. The number of hydrogen-bond acceptors (Lipinski definition) is 2. The van der Waals surface area contributed by atoms with Gasteiger partial charge < -0.3 is 10.1 Å². The Morgan fingerprint density at radius 3 is 2.59 bits per heavy atom. The molecule has 1 aliphatic heterocycles. The van der Waals surface area contributed by atoms with Crippen molar-refractivity contribution in [2.24, 2.45) is 5.92 Å². The summed E-state index contributed by atoms with van der Waals surface area (Å²) in [5.41, 5.74) is 0.278. The predicted molar refractivity (Wildman–Crippen MR) is 58.5 cm³/mol. The van der Waals surface area contributed by atoms with Gasteiger partial charge in [-0.25, -0.2) is 8.78 Å². The number of hydrogen-bond donors (Lipinski definition) is 1. The highest BCUT2D eigenvalue weighted by atomic mass is 19.2. The molecular formula is C12H13F2NO2. The fraction of sp³-hybridized carbons (Fsp3) is 0.417. The third-order valence-corrected chi connectivity index (χ3v) is 2.78. The van der Waals surface area contributed by atoms with E-state index in [2.05, 4.69) is 5.32 Å². The van der Waals surface area contributed by atoms with E-state index in [0.29, 0.717) is 26.1 Å². The van der Waals surface area contributed by atoms with Crippen LogP contribution in [-0.2, 0) is 9.53 Å². The maximum absolute atomic E-state index is 12.9. The lowest BCUT2D eigenvalue weighted by molar-refractivity contribution is -0.122. The van der Waals surface area contributed by atoms with Crippen molar-refractivity contribution in [2.45, 2.75) is 12.8 Å². The van der Waals surface area contributed by atoms with E-state index in [9.17, 15) is 13.6 Å². The van der Waals surface area contributed by atoms with Crippen LogP contribution in [-0.4, -0.2) is 19.1 Å². The van der Waals surface area contributed by atoms with Crippen molar-refractivity contribution in [3.8, 4) is 0 Å². The quantitative estimate of drug-likeness (QED) is 0.863. The number of halogens is 2. The fourth-order valence-corrected chi connectivity index (χ4v) is 1.78. The number of amides is 1. The Bertz CT molecular complexity index is 417. The first-order chi connectivity index (χ1) is 8.16. The highest BCUT2D eigenvalue weighted by Gasteiger charge is 2.21. The van der Waals surface area contributed by atoms with Crippen molar-refractivity contribution in [3.63, 3.8) is 0 Å². The maximum Gasteiger partial charge on any atom is 0.227 e. The molecule has 0 aliphatic carbocycles. The molecule has 1 aliphatic rings. The summed E-state index contributed by atoms with van der Waals surface area (Å²) >= 11 is 0.